The van der Waals surface area contributed by atoms with Gasteiger partial charge in [0.2, 0.25) is 0 Å². The fraction of sp³-hybridized carbons (Fsp3) is 0.364. The van der Waals surface area contributed by atoms with Crippen molar-refractivity contribution in [2.75, 3.05) is 13.2 Å². The van der Waals surface area contributed by atoms with E-state index in [-0.39, 0.29) is 24.5 Å². The average Bonchev–Trinajstić information content (AvgIpc) is 2.17. The van der Waals surface area contributed by atoms with Gasteiger partial charge in [-0.05, 0) is 13.8 Å². The van der Waals surface area contributed by atoms with Crippen molar-refractivity contribution in [1.29, 1.82) is 0 Å². The first kappa shape index (κ1) is 12.4. The van der Waals surface area contributed by atoms with E-state index in [0.717, 1.165) is 6.07 Å². The zero-order valence-electron chi connectivity index (χ0n) is 9.05. The van der Waals surface area contributed by atoms with Crippen molar-refractivity contribution in [3.8, 4) is 5.75 Å². The summed E-state index contributed by atoms with van der Waals surface area (Å²) in [4.78, 5) is 11.4. The maximum atomic E-state index is 13.4. The van der Waals surface area contributed by atoms with Crippen LogP contribution in [0.2, 0.25) is 0 Å². The predicted octanol–water partition coefficient (Wildman–Crippen LogP) is 2.54. The van der Waals surface area contributed by atoms with Crippen molar-refractivity contribution in [3.63, 3.8) is 0 Å². The molecule has 1 rings (SSSR count). The molecule has 88 valence electrons. The lowest BCUT2D eigenvalue weighted by atomic mass is 10.2. The van der Waals surface area contributed by atoms with Crippen LogP contribution in [0.15, 0.2) is 12.1 Å². The summed E-state index contributed by atoms with van der Waals surface area (Å²) in [5.41, 5.74) is -0.370. The van der Waals surface area contributed by atoms with Crippen molar-refractivity contribution in [3.05, 3.63) is 29.3 Å². The molecule has 0 saturated carbocycles. The molecular formula is C11H12F2O3. The topological polar surface area (TPSA) is 35.5 Å². The summed E-state index contributed by atoms with van der Waals surface area (Å²) in [6.07, 6.45) is 0. The number of esters is 1. The van der Waals surface area contributed by atoms with Crippen LogP contribution in [0.5, 0.6) is 5.75 Å². The highest BCUT2D eigenvalue weighted by Gasteiger charge is 2.20. The van der Waals surface area contributed by atoms with Crippen LogP contribution < -0.4 is 4.74 Å². The molecular weight excluding hydrogens is 218 g/mol. The van der Waals surface area contributed by atoms with Crippen LogP contribution in [-0.2, 0) is 4.74 Å². The normalized spacial score (nSPS) is 10.0. The molecule has 0 spiro atoms. The van der Waals surface area contributed by atoms with E-state index in [9.17, 15) is 13.6 Å². The molecule has 0 N–H and O–H groups in total. The van der Waals surface area contributed by atoms with Gasteiger partial charge in [-0.15, -0.1) is 0 Å². The van der Waals surface area contributed by atoms with Crippen LogP contribution >= 0.6 is 0 Å². The minimum absolute atomic E-state index is 0.112. The zero-order valence-corrected chi connectivity index (χ0v) is 9.05. The molecule has 0 unspecified atom stereocenters. The highest BCUT2D eigenvalue weighted by atomic mass is 19.1. The van der Waals surface area contributed by atoms with Gasteiger partial charge < -0.3 is 9.47 Å². The number of carbonyl (C=O) groups is 1. The zero-order chi connectivity index (χ0) is 12.1. The Morgan fingerprint density at radius 2 is 1.94 bits per heavy atom. The molecule has 0 amide bonds. The Kier molecular flexibility index (Phi) is 4.22. The van der Waals surface area contributed by atoms with Gasteiger partial charge in [0, 0.05) is 12.1 Å². The van der Waals surface area contributed by atoms with Gasteiger partial charge in [0.1, 0.15) is 22.9 Å². The number of ether oxygens (including phenoxy) is 2. The third-order valence-corrected chi connectivity index (χ3v) is 1.80. The van der Waals surface area contributed by atoms with Crippen molar-refractivity contribution in [2.45, 2.75) is 13.8 Å². The quantitative estimate of drug-likeness (QED) is 0.745. The molecule has 0 fully saturated rings. The van der Waals surface area contributed by atoms with Crippen molar-refractivity contribution in [2.24, 2.45) is 0 Å². The first-order chi connectivity index (χ1) is 7.60. The Hall–Kier alpha value is -1.65. The standard InChI is InChI=1S/C11H12F2O3/c1-3-15-9-6-7(12)5-8(13)10(9)11(14)16-4-2/h5-6H,3-4H2,1-2H3. The maximum Gasteiger partial charge on any atom is 0.344 e. The largest absolute Gasteiger partial charge is 0.493 e. The van der Waals surface area contributed by atoms with E-state index >= 15 is 0 Å². The molecule has 0 aliphatic rings. The number of carbonyl (C=O) groups excluding carboxylic acids is 1. The van der Waals surface area contributed by atoms with E-state index in [1.54, 1.807) is 13.8 Å². The number of hydrogen-bond acceptors (Lipinski definition) is 3. The summed E-state index contributed by atoms with van der Waals surface area (Å²) in [6, 6.07) is 1.58. The Balaban J connectivity index is 3.18. The van der Waals surface area contributed by atoms with Gasteiger partial charge in [-0.2, -0.15) is 0 Å². The molecule has 0 aliphatic heterocycles. The summed E-state index contributed by atoms with van der Waals surface area (Å²) in [6.45, 7) is 3.56. The molecule has 3 nitrogen and oxygen atoms in total. The number of halogens is 2. The minimum atomic E-state index is -0.984. The van der Waals surface area contributed by atoms with E-state index in [1.807, 2.05) is 0 Å². The molecule has 1 aromatic carbocycles. The summed E-state index contributed by atoms with van der Waals surface area (Å²) < 4.78 is 35.9. The second kappa shape index (κ2) is 5.44. The lowest BCUT2D eigenvalue weighted by Crippen LogP contribution is -2.10. The molecule has 5 heteroatoms. The molecule has 0 saturated heterocycles. The third-order valence-electron chi connectivity index (χ3n) is 1.80. The van der Waals surface area contributed by atoms with E-state index < -0.39 is 17.6 Å². The van der Waals surface area contributed by atoms with Crippen molar-refractivity contribution < 1.29 is 23.0 Å². The van der Waals surface area contributed by atoms with Crippen LogP contribution in [0.3, 0.4) is 0 Å². The molecule has 1 aromatic rings. The lowest BCUT2D eigenvalue weighted by Gasteiger charge is -2.10. The second-order valence-corrected chi connectivity index (χ2v) is 2.91. The Bertz CT molecular complexity index is 391. The first-order valence-corrected chi connectivity index (χ1v) is 4.89. The third kappa shape index (κ3) is 2.68. The Morgan fingerprint density at radius 1 is 1.25 bits per heavy atom. The molecule has 0 aromatic heterocycles. The fourth-order valence-electron chi connectivity index (χ4n) is 1.22. The van der Waals surface area contributed by atoms with Crippen LogP contribution in [-0.4, -0.2) is 19.2 Å². The first-order valence-electron chi connectivity index (χ1n) is 4.89. The van der Waals surface area contributed by atoms with Gasteiger partial charge >= 0.3 is 5.97 Å². The van der Waals surface area contributed by atoms with E-state index in [2.05, 4.69) is 4.74 Å². The Morgan fingerprint density at radius 3 is 2.50 bits per heavy atom. The summed E-state index contributed by atoms with van der Waals surface area (Å²) in [7, 11) is 0. The van der Waals surface area contributed by atoms with Crippen LogP contribution in [0.25, 0.3) is 0 Å². The Labute approximate surface area is 92.0 Å². The summed E-state index contributed by atoms with van der Waals surface area (Å²) in [5.74, 6) is -2.78. The van der Waals surface area contributed by atoms with Crippen molar-refractivity contribution in [1.82, 2.24) is 0 Å². The van der Waals surface area contributed by atoms with Gasteiger partial charge in [-0.1, -0.05) is 0 Å². The summed E-state index contributed by atoms with van der Waals surface area (Å²) in [5, 5.41) is 0. The monoisotopic (exact) mass is 230 g/mol. The average molecular weight is 230 g/mol. The second-order valence-electron chi connectivity index (χ2n) is 2.91. The van der Waals surface area contributed by atoms with Crippen LogP contribution in [0.4, 0.5) is 8.78 Å². The molecule has 0 radical (unpaired) electrons. The minimum Gasteiger partial charge on any atom is -0.493 e. The van der Waals surface area contributed by atoms with Gasteiger partial charge in [-0.25, -0.2) is 13.6 Å². The molecule has 0 bridgehead atoms. The van der Waals surface area contributed by atoms with Crippen molar-refractivity contribution >= 4 is 5.97 Å². The van der Waals surface area contributed by atoms with Gasteiger partial charge in [0.15, 0.2) is 0 Å². The maximum absolute atomic E-state index is 13.4. The smallest absolute Gasteiger partial charge is 0.344 e. The SMILES string of the molecule is CCOC(=O)c1c(F)cc(F)cc1OCC. The van der Waals surface area contributed by atoms with Gasteiger partial charge in [-0.3, -0.25) is 0 Å². The molecule has 0 aliphatic carbocycles. The van der Waals surface area contributed by atoms with Crippen LogP contribution in [0, 0.1) is 11.6 Å². The van der Waals surface area contributed by atoms with E-state index in [4.69, 9.17) is 4.74 Å². The fourth-order valence-corrected chi connectivity index (χ4v) is 1.22. The van der Waals surface area contributed by atoms with E-state index in [1.165, 1.54) is 0 Å². The number of benzene rings is 1. The molecule has 16 heavy (non-hydrogen) atoms. The molecule has 0 atom stereocenters. The van der Waals surface area contributed by atoms with E-state index in [0.29, 0.717) is 6.07 Å². The summed E-state index contributed by atoms with van der Waals surface area (Å²) >= 11 is 0. The lowest BCUT2D eigenvalue weighted by molar-refractivity contribution is 0.0516. The van der Waals surface area contributed by atoms with Gasteiger partial charge in [0.25, 0.3) is 0 Å². The highest BCUT2D eigenvalue weighted by Crippen LogP contribution is 2.24. The highest BCUT2D eigenvalue weighted by molar-refractivity contribution is 5.92. The number of rotatable bonds is 4. The predicted molar refractivity (Wildman–Crippen MR) is 53.5 cm³/mol. The number of hydrogen-bond donors (Lipinski definition) is 0. The molecule has 0 heterocycles. The van der Waals surface area contributed by atoms with Crippen LogP contribution in [0.1, 0.15) is 24.2 Å². The van der Waals surface area contributed by atoms with Gasteiger partial charge in [0.05, 0.1) is 13.2 Å².